The van der Waals surface area contributed by atoms with Crippen LogP contribution in [-0.4, -0.2) is 25.8 Å². The Hall–Kier alpha value is -1.34. The normalized spacial score (nSPS) is 12.5. The number of aliphatic carboxylic acids is 1. The highest BCUT2D eigenvalue weighted by molar-refractivity contribution is 8.00. The number of thioether (sulfide) groups is 1. The fourth-order valence-electron chi connectivity index (χ4n) is 1.79. The number of hydrogen-bond acceptors (Lipinski definition) is 5. The Bertz CT molecular complexity index is 622. The molecule has 2 aromatic heterocycles. The Labute approximate surface area is 132 Å². The van der Waals surface area contributed by atoms with Crippen molar-refractivity contribution < 1.29 is 9.90 Å². The van der Waals surface area contributed by atoms with Crippen molar-refractivity contribution in [2.45, 2.75) is 49.7 Å². The second kappa shape index (κ2) is 7.09. The fourth-order valence-corrected chi connectivity index (χ4v) is 3.91. The summed E-state index contributed by atoms with van der Waals surface area (Å²) in [7, 11) is 0. The van der Waals surface area contributed by atoms with Crippen LogP contribution in [0.3, 0.4) is 0 Å². The molecule has 0 aromatic carbocycles. The van der Waals surface area contributed by atoms with Crippen molar-refractivity contribution in [2.75, 3.05) is 0 Å². The van der Waals surface area contributed by atoms with Crippen molar-refractivity contribution in [1.29, 1.82) is 0 Å². The number of carboxylic acid groups (broad SMARTS) is 1. The van der Waals surface area contributed by atoms with Crippen LogP contribution in [0.1, 0.15) is 42.6 Å². The summed E-state index contributed by atoms with van der Waals surface area (Å²) in [6, 6.07) is 2.44. The minimum atomic E-state index is -0.814. The monoisotopic (exact) mass is 325 g/mol. The van der Waals surface area contributed by atoms with E-state index in [4.69, 9.17) is 5.11 Å². The Morgan fingerprint density at radius 2 is 2.33 bits per heavy atom. The Morgan fingerprint density at radius 1 is 1.57 bits per heavy atom. The molecule has 114 valence electrons. The highest BCUT2D eigenvalue weighted by atomic mass is 32.2. The van der Waals surface area contributed by atoms with Crippen LogP contribution in [0.2, 0.25) is 0 Å². The quantitative estimate of drug-likeness (QED) is 0.789. The van der Waals surface area contributed by atoms with E-state index >= 15 is 0 Å². The van der Waals surface area contributed by atoms with Gasteiger partial charge in [-0.05, 0) is 26.3 Å². The number of hydrogen-bond donors (Lipinski definition) is 1. The maximum absolute atomic E-state index is 10.8. The lowest BCUT2D eigenvalue weighted by atomic mass is 10.3. The van der Waals surface area contributed by atoms with Gasteiger partial charge in [-0.1, -0.05) is 18.7 Å². The molecule has 1 unspecified atom stereocenters. The van der Waals surface area contributed by atoms with Gasteiger partial charge in [0.1, 0.15) is 0 Å². The second-order valence-corrected chi connectivity index (χ2v) is 7.20. The van der Waals surface area contributed by atoms with Crippen LogP contribution in [0.15, 0.2) is 16.6 Å². The third-order valence-corrected chi connectivity index (χ3v) is 5.57. The lowest BCUT2D eigenvalue weighted by Crippen LogP contribution is -2.04. The van der Waals surface area contributed by atoms with Crippen molar-refractivity contribution in [3.05, 3.63) is 28.5 Å². The van der Waals surface area contributed by atoms with Crippen LogP contribution < -0.4 is 0 Å². The van der Waals surface area contributed by atoms with Gasteiger partial charge in [0.25, 0.3) is 0 Å². The number of carboxylic acids is 1. The third kappa shape index (κ3) is 4.31. The van der Waals surface area contributed by atoms with Gasteiger partial charge in [-0.2, -0.15) is 5.10 Å². The van der Waals surface area contributed by atoms with Crippen LogP contribution in [0.4, 0.5) is 0 Å². The molecule has 0 aliphatic rings. The lowest BCUT2D eigenvalue weighted by molar-refractivity contribution is -0.136. The van der Waals surface area contributed by atoms with E-state index in [1.165, 1.54) is 11.3 Å². The van der Waals surface area contributed by atoms with E-state index in [1.807, 2.05) is 23.9 Å². The Balaban J connectivity index is 1.96. The minimum absolute atomic E-state index is 0.0483. The van der Waals surface area contributed by atoms with Gasteiger partial charge < -0.3 is 5.11 Å². The number of aryl methyl sites for hydroxylation is 1. The van der Waals surface area contributed by atoms with Crippen molar-refractivity contribution in [3.63, 3.8) is 0 Å². The van der Waals surface area contributed by atoms with Crippen molar-refractivity contribution in [3.8, 4) is 0 Å². The van der Waals surface area contributed by atoms with Gasteiger partial charge >= 0.3 is 5.97 Å². The first-order valence-corrected chi connectivity index (χ1v) is 8.64. The third-order valence-electron chi connectivity index (χ3n) is 3.23. The predicted octanol–water partition coefficient (Wildman–Crippen LogP) is 3.54. The average molecular weight is 325 g/mol. The molecule has 7 heteroatoms. The summed E-state index contributed by atoms with van der Waals surface area (Å²) in [5.74, 6) is -0.0614. The highest BCUT2D eigenvalue weighted by Crippen LogP contribution is 2.29. The molecule has 0 saturated carbocycles. The van der Waals surface area contributed by atoms with Gasteiger partial charge in [0, 0.05) is 22.9 Å². The Kier molecular flexibility index (Phi) is 5.41. The summed E-state index contributed by atoms with van der Waals surface area (Å²) < 4.78 is 2.89. The van der Waals surface area contributed by atoms with Crippen LogP contribution in [0.25, 0.3) is 0 Å². The molecule has 2 aromatic rings. The maximum Gasteiger partial charge on any atom is 0.308 e. The van der Waals surface area contributed by atoms with E-state index in [0.29, 0.717) is 6.04 Å². The van der Waals surface area contributed by atoms with Crippen LogP contribution in [0.5, 0.6) is 0 Å². The molecule has 1 atom stereocenters. The van der Waals surface area contributed by atoms with Crippen LogP contribution in [0, 0.1) is 6.92 Å². The second-order valence-electron chi connectivity index (χ2n) is 4.89. The fraction of sp³-hybridized carbons (Fsp3) is 0.500. The SMILES string of the molecule is CCC(C)n1ccc(CSc2nc(C)c(CC(=O)O)s2)n1. The molecule has 0 fully saturated rings. The van der Waals surface area contributed by atoms with Crippen LogP contribution >= 0.6 is 23.1 Å². The summed E-state index contributed by atoms with van der Waals surface area (Å²) in [4.78, 5) is 16.0. The van der Waals surface area contributed by atoms with E-state index in [0.717, 1.165) is 32.8 Å². The molecular formula is C14H19N3O2S2. The molecule has 0 radical (unpaired) electrons. The van der Waals surface area contributed by atoms with E-state index in [1.54, 1.807) is 11.8 Å². The predicted molar refractivity (Wildman–Crippen MR) is 85.0 cm³/mol. The van der Waals surface area contributed by atoms with Gasteiger partial charge in [0.2, 0.25) is 0 Å². The average Bonchev–Trinajstić information content (AvgIpc) is 3.03. The summed E-state index contributed by atoms with van der Waals surface area (Å²) >= 11 is 3.07. The van der Waals surface area contributed by atoms with E-state index in [2.05, 4.69) is 23.9 Å². The summed E-state index contributed by atoms with van der Waals surface area (Å²) in [5.41, 5.74) is 1.84. The highest BCUT2D eigenvalue weighted by Gasteiger charge is 2.12. The van der Waals surface area contributed by atoms with Crippen molar-refractivity contribution in [2.24, 2.45) is 0 Å². The zero-order valence-corrected chi connectivity index (χ0v) is 14.0. The number of aromatic nitrogens is 3. The number of rotatable bonds is 7. The van der Waals surface area contributed by atoms with Gasteiger partial charge in [-0.25, -0.2) is 4.98 Å². The molecule has 0 aliphatic carbocycles. The molecule has 0 bridgehead atoms. The molecule has 2 rings (SSSR count). The standard InChI is InChI=1S/C14H19N3O2S2/c1-4-9(2)17-6-5-11(16-17)8-20-14-15-10(3)12(21-14)7-13(18)19/h5-6,9H,4,7-8H2,1-3H3,(H,18,19). The largest absolute Gasteiger partial charge is 0.481 e. The van der Waals surface area contributed by atoms with Gasteiger partial charge in [-0.15, -0.1) is 11.3 Å². The molecule has 0 aliphatic heterocycles. The molecule has 21 heavy (non-hydrogen) atoms. The minimum Gasteiger partial charge on any atom is -0.481 e. The zero-order chi connectivity index (χ0) is 15.4. The number of nitrogens with zero attached hydrogens (tertiary/aromatic N) is 3. The first kappa shape index (κ1) is 16.0. The summed E-state index contributed by atoms with van der Waals surface area (Å²) in [5, 5.41) is 13.4. The molecule has 2 heterocycles. The summed E-state index contributed by atoms with van der Waals surface area (Å²) in [6.45, 7) is 6.14. The van der Waals surface area contributed by atoms with Crippen molar-refractivity contribution in [1.82, 2.24) is 14.8 Å². The van der Waals surface area contributed by atoms with Crippen LogP contribution in [-0.2, 0) is 17.0 Å². The number of carbonyl (C=O) groups is 1. The molecule has 5 nitrogen and oxygen atoms in total. The summed E-state index contributed by atoms with van der Waals surface area (Å²) in [6.07, 6.45) is 3.11. The van der Waals surface area contributed by atoms with Gasteiger partial charge in [0.15, 0.2) is 4.34 Å². The van der Waals surface area contributed by atoms with Gasteiger partial charge in [-0.3, -0.25) is 9.48 Å². The smallest absolute Gasteiger partial charge is 0.308 e. The molecule has 0 spiro atoms. The van der Waals surface area contributed by atoms with Gasteiger partial charge in [0.05, 0.1) is 17.8 Å². The maximum atomic E-state index is 10.8. The molecule has 0 saturated heterocycles. The zero-order valence-electron chi connectivity index (χ0n) is 12.4. The van der Waals surface area contributed by atoms with E-state index in [-0.39, 0.29) is 6.42 Å². The van der Waals surface area contributed by atoms with E-state index in [9.17, 15) is 4.79 Å². The molecular weight excluding hydrogens is 306 g/mol. The van der Waals surface area contributed by atoms with Crippen molar-refractivity contribution >= 4 is 29.1 Å². The lowest BCUT2D eigenvalue weighted by Gasteiger charge is -2.07. The first-order valence-electron chi connectivity index (χ1n) is 6.84. The Morgan fingerprint density at radius 3 is 3.00 bits per heavy atom. The molecule has 0 amide bonds. The number of thiazole rings is 1. The van der Waals surface area contributed by atoms with E-state index < -0.39 is 5.97 Å². The first-order chi connectivity index (χ1) is 9.99. The topological polar surface area (TPSA) is 68.0 Å². The molecule has 1 N–H and O–H groups in total.